The molecule has 3 heterocycles. The molecule has 1 aromatic rings. The van der Waals surface area contributed by atoms with E-state index in [1.54, 1.807) is 0 Å². The molecule has 2 saturated heterocycles. The van der Waals surface area contributed by atoms with Crippen molar-refractivity contribution in [2.24, 2.45) is 4.99 Å². The Labute approximate surface area is 149 Å². The van der Waals surface area contributed by atoms with Gasteiger partial charge >= 0.3 is 0 Å². The maximum atomic E-state index is 5.93. The van der Waals surface area contributed by atoms with Gasteiger partial charge in [-0.3, -0.25) is 0 Å². The molecule has 0 aliphatic carbocycles. The molecule has 2 unspecified atom stereocenters. The molecule has 0 spiro atoms. The van der Waals surface area contributed by atoms with Crippen LogP contribution in [0.3, 0.4) is 0 Å². The van der Waals surface area contributed by atoms with E-state index in [1.807, 2.05) is 6.07 Å². The van der Waals surface area contributed by atoms with Crippen LogP contribution in [0.4, 0.5) is 0 Å². The second-order valence-electron chi connectivity index (χ2n) is 6.95. The second-order valence-corrected chi connectivity index (χ2v) is 6.95. The minimum absolute atomic E-state index is 0.123. The Kier molecular flexibility index (Phi) is 6.31. The van der Waals surface area contributed by atoms with Gasteiger partial charge in [0, 0.05) is 32.3 Å². The zero-order valence-electron chi connectivity index (χ0n) is 15.5. The van der Waals surface area contributed by atoms with Gasteiger partial charge in [-0.05, 0) is 25.7 Å². The van der Waals surface area contributed by atoms with Gasteiger partial charge in [-0.1, -0.05) is 19.0 Å². The predicted molar refractivity (Wildman–Crippen MR) is 95.7 cm³/mol. The monoisotopic (exact) mass is 350 g/mol. The SMILES string of the molecule is CCNC(=NCc1cc(C(C)C)no1)N1CCOC(C2CCCO2)C1. The maximum Gasteiger partial charge on any atom is 0.194 e. The largest absolute Gasteiger partial charge is 0.375 e. The Balaban J connectivity index is 1.64. The number of aromatic nitrogens is 1. The number of nitrogens with zero attached hydrogens (tertiary/aromatic N) is 3. The number of hydrogen-bond donors (Lipinski definition) is 1. The average Bonchev–Trinajstić information content (AvgIpc) is 3.30. The molecule has 0 radical (unpaired) electrons. The van der Waals surface area contributed by atoms with Crippen LogP contribution < -0.4 is 5.32 Å². The van der Waals surface area contributed by atoms with E-state index in [0.29, 0.717) is 19.1 Å². The van der Waals surface area contributed by atoms with Crippen molar-refractivity contribution in [1.82, 2.24) is 15.4 Å². The highest BCUT2D eigenvalue weighted by molar-refractivity contribution is 5.80. The van der Waals surface area contributed by atoms with E-state index in [4.69, 9.17) is 19.0 Å². The van der Waals surface area contributed by atoms with Crippen molar-refractivity contribution in [2.45, 2.75) is 58.3 Å². The van der Waals surface area contributed by atoms with Crippen LogP contribution in [0.1, 0.15) is 51.0 Å². The van der Waals surface area contributed by atoms with Crippen molar-refractivity contribution >= 4 is 5.96 Å². The van der Waals surface area contributed by atoms with E-state index >= 15 is 0 Å². The lowest BCUT2D eigenvalue weighted by Crippen LogP contribution is -2.53. The summed E-state index contributed by atoms with van der Waals surface area (Å²) >= 11 is 0. The summed E-state index contributed by atoms with van der Waals surface area (Å²) in [6.45, 7) is 10.8. The van der Waals surface area contributed by atoms with Crippen molar-refractivity contribution in [3.63, 3.8) is 0 Å². The van der Waals surface area contributed by atoms with Gasteiger partial charge < -0.3 is 24.2 Å². The fourth-order valence-corrected chi connectivity index (χ4v) is 3.24. The number of ether oxygens (including phenoxy) is 2. The van der Waals surface area contributed by atoms with Crippen molar-refractivity contribution < 1.29 is 14.0 Å². The first-order valence-corrected chi connectivity index (χ1v) is 9.39. The zero-order chi connectivity index (χ0) is 17.6. The van der Waals surface area contributed by atoms with Crippen LogP contribution in [0, 0.1) is 0 Å². The van der Waals surface area contributed by atoms with Gasteiger partial charge in [-0.2, -0.15) is 0 Å². The lowest BCUT2D eigenvalue weighted by Gasteiger charge is -2.37. The summed E-state index contributed by atoms with van der Waals surface area (Å²) in [5.74, 6) is 2.06. The second kappa shape index (κ2) is 8.67. The van der Waals surface area contributed by atoms with E-state index < -0.39 is 0 Å². The van der Waals surface area contributed by atoms with Gasteiger partial charge in [-0.25, -0.2) is 4.99 Å². The van der Waals surface area contributed by atoms with Gasteiger partial charge in [0.2, 0.25) is 0 Å². The Bertz CT molecular complexity index is 566. The van der Waals surface area contributed by atoms with Crippen LogP contribution in [-0.4, -0.2) is 61.1 Å². The molecule has 0 aromatic carbocycles. The van der Waals surface area contributed by atoms with E-state index in [9.17, 15) is 0 Å². The van der Waals surface area contributed by atoms with Gasteiger partial charge in [0.25, 0.3) is 0 Å². The van der Waals surface area contributed by atoms with Crippen LogP contribution in [0.2, 0.25) is 0 Å². The summed E-state index contributed by atoms with van der Waals surface area (Å²) in [6, 6.07) is 1.99. The van der Waals surface area contributed by atoms with Crippen LogP contribution in [-0.2, 0) is 16.0 Å². The number of aliphatic imine (C=N–C) groups is 1. The topological polar surface area (TPSA) is 72.1 Å². The molecule has 0 saturated carbocycles. The van der Waals surface area contributed by atoms with Crippen LogP contribution >= 0.6 is 0 Å². The third-order valence-corrected chi connectivity index (χ3v) is 4.66. The van der Waals surface area contributed by atoms with Crippen molar-refractivity contribution in [3.8, 4) is 0 Å². The van der Waals surface area contributed by atoms with Crippen molar-refractivity contribution in [3.05, 3.63) is 17.5 Å². The molecule has 1 aromatic heterocycles. The third kappa shape index (κ3) is 4.73. The summed E-state index contributed by atoms with van der Waals surface area (Å²) < 4.78 is 17.1. The van der Waals surface area contributed by atoms with Crippen molar-refractivity contribution in [2.75, 3.05) is 32.8 Å². The Morgan fingerprint density at radius 1 is 1.36 bits per heavy atom. The first-order chi connectivity index (χ1) is 12.2. The Hall–Kier alpha value is -1.60. The highest BCUT2D eigenvalue weighted by Gasteiger charge is 2.32. The third-order valence-electron chi connectivity index (χ3n) is 4.66. The molecule has 0 amide bonds. The minimum atomic E-state index is 0.123. The highest BCUT2D eigenvalue weighted by atomic mass is 16.5. The molecule has 1 N–H and O–H groups in total. The molecule has 2 atom stereocenters. The minimum Gasteiger partial charge on any atom is -0.375 e. The normalized spacial score (nSPS) is 25.0. The molecule has 3 rings (SSSR count). The predicted octanol–water partition coefficient (Wildman–Crippen LogP) is 2.14. The summed E-state index contributed by atoms with van der Waals surface area (Å²) in [7, 11) is 0. The molecule has 7 nitrogen and oxygen atoms in total. The molecule has 140 valence electrons. The number of rotatable bonds is 5. The molecule has 0 bridgehead atoms. The molecular weight excluding hydrogens is 320 g/mol. The number of hydrogen-bond acceptors (Lipinski definition) is 5. The van der Waals surface area contributed by atoms with E-state index in [1.165, 1.54) is 0 Å². The van der Waals surface area contributed by atoms with Crippen LogP contribution in [0.5, 0.6) is 0 Å². The fourth-order valence-electron chi connectivity index (χ4n) is 3.24. The molecular formula is C18H30N4O3. The standard InChI is InChI=1S/C18H30N4O3/c1-4-19-18(20-11-14-10-15(13(2)3)21-25-14)22-7-9-24-17(12-22)16-6-5-8-23-16/h10,13,16-17H,4-9,11-12H2,1-3H3,(H,19,20). The maximum absolute atomic E-state index is 5.93. The fraction of sp³-hybridized carbons (Fsp3) is 0.778. The summed E-state index contributed by atoms with van der Waals surface area (Å²) in [4.78, 5) is 7.01. The van der Waals surface area contributed by atoms with Crippen LogP contribution in [0.25, 0.3) is 0 Å². The lowest BCUT2D eigenvalue weighted by molar-refractivity contribution is -0.0817. The quantitative estimate of drug-likeness (QED) is 0.648. The van der Waals surface area contributed by atoms with Gasteiger partial charge in [-0.15, -0.1) is 0 Å². The molecule has 2 aliphatic heterocycles. The van der Waals surface area contributed by atoms with Gasteiger partial charge in [0.1, 0.15) is 12.6 Å². The zero-order valence-corrected chi connectivity index (χ0v) is 15.5. The van der Waals surface area contributed by atoms with Gasteiger partial charge in [0.15, 0.2) is 11.7 Å². The number of nitrogens with one attached hydrogen (secondary N) is 1. The average molecular weight is 350 g/mol. The number of morpholine rings is 1. The Morgan fingerprint density at radius 2 is 2.20 bits per heavy atom. The van der Waals surface area contributed by atoms with E-state index in [0.717, 1.165) is 56.5 Å². The first-order valence-electron chi connectivity index (χ1n) is 9.39. The smallest absolute Gasteiger partial charge is 0.194 e. The summed E-state index contributed by atoms with van der Waals surface area (Å²) in [5, 5.41) is 7.48. The first kappa shape index (κ1) is 18.2. The molecule has 2 aliphatic rings. The van der Waals surface area contributed by atoms with Crippen molar-refractivity contribution in [1.29, 1.82) is 0 Å². The summed E-state index contributed by atoms with van der Waals surface area (Å²) in [6.07, 6.45) is 2.55. The lowest BCUT2D eigenvalue weighted by atomic mass is 10.1. The molecule has 7 heteroatoms. The van der Waals surface area contributed by atoms with Gasteiger partial charge in [0.05, 0.1) is 18.4 Å². The summed E-state index contributed by atoms with van der Waals surface area (Å²) in [5.41, 5.74) is 0.972. The van der Waals surface area contributed by atoms with E-state index in [-0.39, 0.29) is 12.2 Å². The molecule has 2 fully saturated rings. The Morgan fingerprint density at radius 3 is 2.88 bits per heavy atom. The van der Waals surface area contributed by atoms with Crippen LogP contribution in [0.15, 0.2) is 15.6 Å². The molecule has 25 heavy (non-hydrogen) atoms. The van der Waals surface area contributed by atoms with E-state index in [2.05, 4.69) is 36.1 Å². The number of guanidine groups is 1. The highest BCUT2D eigenvalue weighted by Crippen LogP contribution is 2.21.